The molecule has 0 aliphatic heterocycles. The number of hydrogen-bond donors (Lipinski definition) is 1. The smallest absolute Gasteiger partial charge is 0.356 e. The number of carboxylic acid groups (broad SMARTS) is 1. The third-order valence-electron chi connectivity index (χ3n) is 1.70. The number of hydrogen-bond acceptors (Lipinski definition) is 2. The van der Waals surface area contributed by atoms with E-state index in [0.717, 1.165) is 6.20 Å². The molecule has 3 nitrogen and oxygen atoms in total. The first-order chi connectivity index (χ1) is 6.99. The second kappa shape index (κ2) is 4.72. The van der Waals surface area contributed by atoms with E-state index < -0.39 is 28.7 Å². The maximum Gasteiger partial charge on any atom is 0.356 e. The SMILES string of the molecule is O=C(O)c1ncc(CCl)c(C(F)F)c1Cl. The van der Waals surface area contributed by atoms with E-state index >= 15 is 0 Å². The molecule has 15 heavy (non-hydrogen) atoms. The molecule has 0 amide bonds. The number of aromatic nitrogens is 1. The van der Waals surface area contributed by atoms with E-state index in [1.807, 2.05) is 0 Å². The Morgan fingerprint density at radius 3 is 2.60 bits per heavy atom. The second-order valence-electron chi connectivity index (χ2n) is 2.60. The molecule has 1 aromatic heterocycles. The Hall–Kier alpha value is -0.940. The monoisotopic (exact) mass is 255 g/mol. The molecule has 0 aliphatic carbocycles. The van der Waals surface area contributed by atoms with Crippen LogP contribution in [0.2, 0.25) is 5.02 Å². The van der Waals surface area contributed by atoms with Gasteiger partial charge in [-0.05, 0) is 5.56 Å². The van der Waals surface area contributed by atoms with E-state index in [1.165, 1.54) is 0 Å². The summed E-state index contributed by atoms with van der Waals surface area (Å²) in [6.07, 6.45) is -1.89. The van der Waals surface area contributed by atoms with Crippen molar-refractivity contribution >= 4 is 29.2 Å². The van der Waals surface area contributed by atoms with Crippen molar-refractivity contribution < 1.29 is 18.7 Å². The first-order valence-corrected chi connectivity index (χ1v) is 4.65. The van der Waals surface area contributed by atoms with E-state index in [0.29, 0.717) is 0 Å². The minimum atomic E-state index is -2.88. The van der Waals surface area contributed by atoms with Crippen LogP contribution in [0.4, 0.5) is 8.78 Å². The van der Waals surface area contributed by atoms with Crippen molar-refractivity contribution in [3.63, 3.8) is 0 Å². The molecule has 0 spiro atoms. The third-order valence-corrected chi connectivity index (χ3v) is 2.38. The first kappa shape index (κ1) is 12.1. The maximum atomic E-state index is 12.6. The summed E-state index contributed by atoms with van der Waals surface area (Å²) in [5, 5.41) is 8.05. The standard InChI is InChI=1S/C8H5Cl2F2NO2/c9-1-3-2-13-6(8(14)15)5(10)4(3)7(11)12/h2,7H,1H2,(H,14,15). The molecule has 0 aromatic carbocycles. The van der Waals surface area contributed by atoms with Crippen molar-refractivity contribution in [1.82, 2.24) is 4.98 Å². The fraction of sp³-hybridized carbons (Fsp3) is 0.250. The Morgan fingerprint density at radius 1 is 1.60 bits per heavy atom. The van der Waals surface area contributed by atoms with Crippen molar-refractivity contribution in [3.05, 3.63) is 28.0 Å². The molecule has 1 heterocycles. The Balaban J connectivity index is 3.42. The average Bonchev–Trinajstić information content (AvgIpc) is 2.15. The summed E-state index contributed by atoms with van der Waals surface area (Å²) >= 11 is 10.9. The van der Waals surface area contributed by atoms with E-state index in [1.54, 1.807) is 0 Å². The van der Waals surface area contributed by atoms with Gasteiger partial charge in [0, 0.05) is 17.6 Å². The largest absolute Gasteiger partial charge is 0.476 e. The van der Waals surface area contributed by atoms with Gasteiger partial charge in [-0.3, -0.25) is 0 Å². The highest BCUT2D eigenvalue weighted by Crippen LogP contribution is 2.32. The van der Waals surface area contributed by atoms with Crippen LogP contribution in [-0.2, 0) is 5.88 Å². The van der Waals surface area contributed by atoms with Crippen molar-refractivity contribution in [3.8, 4) is 0 Å². The zero-order chi connectivity index (χ0) is 11.6. The van der Waals surface area contributed by atoms with Gasteiger partial charge in [-0.2, -0.15) is 0 Å². The lowest BCUT2D eigenvalue weighted by molar-refractivity contribution is 0.0690. The number of alkyl halides is 3. The highest BCUT2D eigenvalue weighted by molar-refractivity contribution is 6.34. The van der Waals surface area contributed by atoms with E-state index in [4.69, 9.17) is 28.3 Å². The highest BCUT2D eigenvalue weighted by Gasteiger charge is 2.23. The summed E-state index contributed by atoms with van der Waals surface area (Å²) in [4.78, 5) is 14.0. The first-order valence-electron chi connectivity index (χ1n) is 3.73. The fourth-order valence-electron chi connectivity index (χ4n) is 1.03. The van der Waals surface area contributed by atoms with Crippen LogP contribution in [-0.4, -0.2) is 16.1 Å². The number of halogens is 4. The molecule has 0 atom stereocenters. The van der Waals surface area contributed by atoms with Gasteiger partial charge < -0.3 is 5.11 Å². The van der Waals surface area contributed by atoms with Crippen LogP contribution in [0.1, 0.15) is 28.0 Å². The summed E-state index contributed by atoms with van der Waals surface area (Å²) in [5.74, 6) is -1.66. The second-order valence-corrected chi connectivity index (χ2v) is 3.24. The minimum absolute atomic E-state index is 0.0293. The molecule has 82 valence electrons. The number of carbonyl (C=O) groups is 1. The van der Waals surface area contributed by atoms with Gasteiger partial charge in [0.25, 0.3) is 6.43 Å². The van der Waals surface area contributed by atoms with Crippen LogP contribution in [0.25, 0.3) is 0 Å². The number of carboxylic acids is 1. The van der Waals surface area contributed by atoms with Crippen LogP contribution >= 0.6 is 23.2 Å². The Kier molecular flexibility index (Phi) is 3.82. The lowest BCUT2D eigenvalue weighted by Gasteiger charge is -2.09. The molecule has 0 fully saturated rings. The minimum Gasteiger partial charge on any atom is -0.476 e. The predicted molar refractivity (Wildman–Crippen MR) is 50.7 cm³/mol. The predicted octanol–water partition coefficient (Wildman–Crippen LogP) is 3.11. The summed E-state index contributed by atoms with van der Waals surface area (Å²) in [6.45, 7) is 0. The lowest BCUT2D eigenvalue weighted by atomic mass is 10.1. The molecule has 1 aromatic rings. The molecular formula is C8H5Cl2F2NO2. The molecule has 0 radical (unpaired) electrons. The fourth-order valence-corrected chi connectivity index (χ4v) is 1.58. The van der Waals surface area contributed by atoms with Crippen LogP contribution < -0.4 is 0 Å². The zero-order valence-corrected chi connectivity index (χ0v) is 8.69. The van der Waals surface area contributed by atoms with E-state index in [2.05, 4.69) is 4.98 Å². The van der Waals surface area contributed by atoms with Crippen molar-refractivity contribution in [2.24, 2.45) is 0 Å². The van der Waals surface area contributed by atoms with Gasteiger partial charge in [0.2, 0.25) is 0 Å². The highest BCUT2D eigenvalue weighted by atomic mass is 35.5. The van der Waals surface area contributed by atoms with Gasteiger partial charge in [0.1, 0.15) is 0 Å². The van der Waals surface area contributed by atoms with Gasteiger partial charge in [-0.1, -0.05) is 11.6 Å². The maximum absolute atomic E-state index is 12.6. The number of pyridine rings is 1. The molecule has 0 saturated heterocycles. The lowest BCUT2D eigenvalue weighted by Crippen LogP contribution is -2.06. The summed E-state index contributed by atoms with van der Waals surface area (Å²) in [5.41, 5.74) is -1.14. The van der Waals surface area contributed by atoms with Crippen molar-refractivity contribution in [1.29, 1.82) is 0 Å². The van der Waals surface area contributed by atoms with Crippen LogP contribution in [0.5, 0.6) is 0 Å². The number of aromatic carboxylic acids is 1. The van der Waals surface area contributed by atoms with Gasteiger partial charge >= 0.3 is 5.97 Å². The zero-order valence-electron chi connectivity index (χ0n) is 7.18. The summed E-state index contributed by atoms with van der Waals surface area (Å²) < 4.78 is 25.1. The Labute approximate surface area is 93.6 Å². The average molecular weight is 256 g/mol. The van der Waals surface area contributed by atoms with Crippen LogP contribution in [0.15, 0.2) is 6.20 Å². The van der Waals surface area contributed by atoms with Crippen LogP contribution in [0, 0.1) is 0 Å². The Bertz CT molecular complexity index is 398. The molecule has 0 saturated carbocycles. The summed E-state index contributed by atoms with van der Waals surface area (Å²) in [6, 6.07) is 0. The van der Waals surface area contributed by atoms with Gasteiger partial charge in [-0.15, -0.1) is 11.6 Å². The van der Waals surface area contributed by atoms with Gasteiger partial charge in [-0.25, -0.2) is 18.6 Å². The molecule has 1 rings (SSSR count). The quantitative estimate of drug-likeness (QED) is 0.845. The molecular weight excluding hydrogens is 251 g/mol. The topological polar surface area (TPSA) is 50.2 Å². The van der Waals surface area contributed by atoms with E-state index in [9.17, 15) is 13.6 Å². The molecule has 0 unspecified atom stereocenters. The van der Waals surface area contributed by atoms with E-state index in [-0.39, 0.29) is 11.4 Å². The number of nitrogens with zero attached hydrogens (tertiary/aromatic N) is 1. The molecule has 1 N–H and O–H groups in total. The van der Waals surface area contributed by atoms with Gasteiger partial charge in [0.15, 0.2) is 5.69 Å². The Morgan fingerprint density at radius 2 is 2.20 bits per heavy atom. The third kappa shape index (κ3) is 2.35. The normalized spacial score (nSPS) is 10.7. The molecule has 0 aliphatic rings. The molecule has 7 heteroatoms. The van der Waals surface area contributed by atoms with Gasteiger partial charge in [0.05, 0.1) is 5.02 Å². The number of rotatable bonds is 3. The van der Waals surface area contributed by atoms with Crippen LogP contribution in [0.3, 0.4) is 0 Å². The molecule has 0 bridgehead atoms. The van der Waals surface area contributed by atoms with Crippen molar-refractivity contribution in [2.45, 2.75) is 12.3 Å². The van der Waals surface area contributed by atoms with Crippen molar-refractivity contribution in [2.75, 3.05) is 0 Å². The summed E-state index contributed by atoms with van der Waals surface area (Å²) in [7, 11) is 0.